The standard InChI is InChI=1S/C78H48N2/c1-5-21-55-43-61(39-35-51(55)17-1)79(62-40-36-52-18-2-6-22-56(52)44-62)77-49-75-67-27-11-9-25-65(67)59(47-73(75)69-29-13-15-31-71(69)77)33-34-60-48-74-70-30-14-16-32-72(70)78(50-76(74)68-28-12-10-26-66(60)68)80(63-41-37-53-19-3-7-23-57(53)45-63)64-42-38-54-20-4-8-24-58(54)46-64/h1-32,35-50H. The summed E-state index contributed by atoms with van der Waals surface area (Å²) in [7, 11) is 0. The van der Waals surface area contributed by atoms with Crippen LogP contribution >= 0.6 is 0 Å². The van der Waals surface area contributed by atoms with Crippen LogP contribution in [0.25, 0.3) is 108 Å². The van der Waals surface area contributed by atoms with Crippen molar-refractivity contribution in [3.63, 3.8) is 0 Å². The van der Waals surface area contributed by atoms with E-state index in [1.54, 1.807) is 0 Å². The first kappa shape index (κ1) is 45.5. The molecule has 0 spiro atoms. The molecule has 370 valence electrons. The molecule has 2 heteroatoms. The molecule has 0 saturated carbocycles. The van der Waals surface area contributed by atoms with Crippen LogP contribution in [0.5, 0.6) is 0 Å². The second-order valence-corrected chi connectivity index (χ2v) is 21.1. The van der Waals surface area contributed by atoms with Crippen LogP contribution in [0.15, 0.2) is 291 Å². The Morgan fingerprint density at radius 2 is 0.412 bits per heavy atom. The van der Waals surface area contributed by atoms with Gasteiger partial charge in [-0.3, -0.25) is 0 Å². The van der Waals surface area contributed by atoms with Gasteiger partial charge < -0.3 is 9.80 Å². The largest absolute Gasteiger partial charge is 0.310 e. The summed E-state index contributed by atoms with van der Waals surface area (Å²) in [6, 6.07) is 107. The summed E-state index contributed by atoms with van der Waals surface area (Å²) in [5.74, 6) is 7.64. The fraction of sp³-hybridized carbons (Fsp3) is 0. The summed E-state index contributed by atoms with van der Waals surface area (Å²) in [6.45, 7) is 0. The van der Waals surface area contributed by atoms with Gasteiger partial charge in [0.1, 0.15) is 0 Å². The number of hydrogen-bond acceptors (Lipinski definition) is 2. The average molecular weight is 1010 g/mol. The van der Waals surface area contributed by atoms with Crippen LogP contribution in [0.1, 0.15) is 11.1 Å². The lowest BCUT2D eigenvalue weighted by atomic mass is 9.91. The minimum Gasteiger partial charge on any atom is -0.310 e. The van der Waals surface area contributed by atoms with Crippen LogP contribution < -0.4 is 9.80 Å². The maximum Gasteiger partial charge on any atom is 0.0546 e. The van der Waals surface area contributed by atoms with Gasteiger partial charge >= 0.3 is 0 Å². The number of rotatable bonds is 6. The number of anilines is 6. The summed E-state index contributed by atoms with van der Waals surface area (Å²) in [5.41, 5.74) is 8.67. The van der Waals surface area contributed by atoms with Crippen LogP contribution in [0, 0.1) is 11.8 Å². The van der Waals surface area contributed by atoms with Crippen molar-refractivity contribution in [2.24, 2.45) is 0 Å². The van der Waals surface area contributed by atoms with Crippen LogP contribution in [-0.2, 0) is 0 Å². The van der Waals surface area contributed by atoms with Crippen molar-refractivity contribution in [2.75, 3.05) is 9.80 Å². The molecule has 0 saturated heterocycles. The molecule has 0 atom stereocenters. The van der Waals surface area contributed by atoms with E-state index in [1.807, 2.05) is 0 Å². The Morgan fingerprint density at radius 1 is 0.175 bits per heavy atom. The number of benzene rings is 16. The van der Waals surface area contributed by atoms with E-state index in [9.17, 15) is 0 Å². The molecular weight excluding hydrogens is 965 g/mol. The van der Waals surface area contributed by atoms with E-state index >= 15 is 0 Å². The van der Waals surface area contributed by atoms with E-state index in [-0.39, 0.29) is 0 Å². The van der Waals surface area contributed by atoms with Gasteiger partial charge in [0.2, 0.25) is 0 Å². The van der Waals surface area contributed by atoms with Gasteiger partial charge in [-0.25, -0.2) is 0 Å². The highest BCUT2D eigenvalue weighted by Gasteiger charge is 2.22. The van der Waals surface area contributed by atoms with Crippen LogP contribution in [0.3, 0.4) is 0 Å². The van der Waals surface area contributed by atoms with Crippen molar-refractivity contribution >= 4 is 142 Å². The summed E-state index contributed by atoms with van der Waals surface area (Å²) in [4.78, 5) is 4.90. The van der Waals surface area contributed by atoms with Crippen molar-refractivity contribution in [1.82, 2.24) is 0 Å². The average Bonchev–Trinajstić information content (AvgIpc) is 3.65. The summed E-state index contributed by atoms with van der Waals surface area (Å²) in [5, 5.41) is 23.7. The summed E-state index contributed by atoms with van der Waals surface area (Å²) < 4.78 is 0. The van der Waals surface area contributed by atoms with Gasteiger partial charge in [-0.2, -0.15) is 0 Å². The van der Waals surface area contributed by atoms with Crippen LogP contribution in [0.4, 0.5) is 34.1 Å². The van der Waals surface area contributed by atoms with Gasteiger partial charge in [0.05, 0.1) is 11.4 Å². The third-order valence-electron chi connectivity index (χ3n) is 16.5. The lowest BCUT2D eigenvalue weighted by Crippen LogP contribution is -2.11. The van der Waals surface area contributed by atoms with Crippen molar-refractivity contribution < 1.29 is 0 Å². The highest BCUT2D eigenvalue weighted by molar-refractivity contribution is 6.24. The molecule has 0 N–H and O–H groups in total. The van der Waals surface area contributed by atoms with Crippen molar-refractivity contribution in [1.29, 1.82) is 0 Å². The molecule has 80 heavy (non-hydrogen) atoms. The predicted octanol–water partition coefficient (Wildman–Crippen LogP) is 21.6. The molecule has 0 radical (unpaired) electrons. The third-order valence-corrected chi connectivity index (χ3v) is 16.5. The summed E-state index contributed by atoms with van der Waals surface area (Å²) in [6.07, 6.45) is 0. The molecule has 2 nitrogen and oxygen atoms in total. The van der Waals surface area contributed by atoms with E-state index in [4.69, 9.17) is 0 Å². The highest BCUT2D eigenvalue weighted by Crippen LogP contribution is 2.48. The molecule has 0 bridgehead atoms. The zero-order valence-electron chi connectivity index (χ0n) is 43.6. The number of nitrogens with zero attached hydrogens (tertiary/aromatic N) is 2. The minimum atomic E-state index is 0.998. The Balaban J connectivity index is 0.889. The molecule has 0 aliphatic heterocycles. The van der Waals surface area contributed by atoms with Gasteiger partial charge in [-0.05, 0) is 170 Å². The molecule has 0 aliphatic carbocycles. The smallest absolute Gasteiger partial charge is 0.0546 e. The topological polar surface area (TPSA) is 6.48 Å². The van der Waals surface area contributed by atoms with Gasteiger partial charge in [0.25, 0.3) is 0 Å². The zero-order valence-corrected chi connectivity index (χ0v) is 43.6. The Morgan fingerprint density at radius 3 is 0.725 bits per heavy atom. The van der Waals surface area contributed by atoms with Crippen LogP contribution in [-0.4, -0.2) is 0 Å². The predicted molar refractivity (Wildman–Crippen MR) is 343 cm³/mol. The third kappa shape index (κ3) is 7.52. The molecule has 0 fully saturated rings. The molecule has 0 unspecified atom stereocenters. The first-order chi connectivity index (χ1) is 39.6. The highest BCUT2D eigenvalue weighted by atomic mass is 15.1. The van der Waals surface area contributed by atoms with Crippen LogP contribution in [0.2, 0.25) is 0 Å². The van der Waals surface area contributed by atoms with E-state index in [0.717, 1.165) is 56.0 Å². The maximum atomic E-state index is 3.82. The van der Waals surface area contributed by atoms with Crippen molar-refractivity contribution in [2.45, 2.75) is 0 Å². The van der Waals surface area contributed by atoms with E-state index in [2.05, 4.69) is 313 Å². The summed E-state index contributed by atoms with van der Waals surface area (Å²) >= 11 is 0. The second-order valence-electron chi connectivity index (χ2n) is 21.1. The fourth-order valence-corrected chi connectivity index (χ4v) is 12.7. The van der Waals surface area contributed by atoms with Gasteiger partial charge in [0.15, 0.2) is 0 Å². The quantitative estimate of drug-likeness (QED) is 0.121. The monoisotopic (exact) mass is 1010 g/mol. The van der Waals surface area contributed by atoms with Gasteiger partial charge in [0, 0.05) is 44.6 Å². The fourth-order valence-electron chi connectivity index (χ4n) is 12.7. The Hall–Kier alpha value is -10.7. The van der Waals surface area contributed by atoms with E-state index in [0.29, 0.717) is 0 Å². The first-order valence-corrected chi connectivity index (χ1v) is 27.5. The Bertz CT molecular complexity index is 4800. The maximum absolute atomic E-state index is 3.82. The lowest BCUT2D eigenvalue weighted by Gasteiger charge is -2.28. The Labute approximate surface area is 463 Å². The molecule has 16 rings (SSSR count). The van der Waals surface area contributed by atoms with Crippen molar-refractivity contribution in [3.05, 3.63) is 302 Å². The molecule has 0 aromatic heterocycles. The van der Waals surface area contributed by atoms with Gasteiger partial charge in [-0.1, -0.05) is 230 Å². The molecule has 16 aromatic rings. The van der Waals surface area contributed by atoms with Crippen molar-refractivity contribution in [3.8, 4) is 11.8 Å². The second kappa shape index (κ2) is 18.5. The molecule has 0 amide bonds. The normalized spacial score (nSPS) is 11.7. The minimum absolute atomic E-state index is 0.998. The SMILES string of the molecule is C(#Cc1cc2c3ccccc3c(N(c3ccc4ccccc4c3)c3ccc4ccccc4c3)cc2c2ccccc12)c1cc2c3ccccc3c(N(c3ccc4ccccc4c3)c3ccc4ccccc4c3)cc2c2ccccc12. The Kier molecular flexibility index (Phi) is 10.5. The molecular formula is C78H48N2. The van der Waals surface area contributed by atoms with E-state index in [1.165, 1.54) is 97.0 Å². The molecule has 0 heterocycles. The lowest BCUT2D eigenvalue weighted by molar-refractivity contribution is 1.31. The molecule has 16 aromatic carbocycles. The van der Waals surface area contributed by atoms with Gasteiger partial charge in [-0.15, -0.1) is 0 Å². The van der Waals surface area contributed by atoms with E-state index < -0.39 is 0 Å². The zero-order chi connectivity index (χ0) is 52.7. The number of hydrogen-bond donors (Lipinski definition) is 0. The first-order valence-electron chi connectivity index (χ1n) is 27.5. The molecule has 0 aliphatic rings. The number of fused-ring (bicyclic) bond motifs is 14.